The standard InChI is InChI=1S/C29H28N4O2/c1-17-13-25(31-16-17)29-33-24-15-21(9-11-27(24)35-29)19-6-4-18(5-7-19)20-8-10-26-23(14-20)32-28(34-26)22-3-2-12-30-22/h4-11,14-15,17,22,25,30-31H,2-3,12-13,16H2,1H3/t17-,22-,25?/m0/s1. The Labute approximate surface area is 203 Å². The molecule has 0 spiro atoms. The van der Waals surface area contributed by atoms with Crippen molar-refractivity contribution in [1.82, 2.24) is 20.6 Å². The minimum Gasteiger partial charge on any atom is -0.439 e. The third kappa shape index (κ3) is 3.83. The Bertz CT molecular complexity index is 1510. The van der Waals surface area contributed by atoms with Gasteiger partial charge in [0, 0.05) is 0 Å². The van der Waals surface area contributed by atoms with E-state index in [-0.39, 0.29) is 12.1 Å². The number of oxazole rings is 2. The average molecular weight is 465 g/mol. The Morgan fingerprint density at radius 1 is 0.714 bits per heavy atom. The monoisotopic (exact) mass is 464 g/mol. The molecule has 35 heavy (non-hydrogen) atoms. The topological polar surface area (TPSA) is 76.1 Å². The Balaban J connectivity index is 1.14. The van der Waals surface area contributed by atoms with Crippen LogP contribution in [-0.4, -0.2) is 23.1 Å². The number of aromatic nitrogens is 2. The predicted molar refractivity (Wildman–Crippen MR) is 137 cm³/mol. The molecule has 2 aromatic heterocycles. The van der Waals surface area contributed by atoms with Crippen molar-refractivity contribution in [3.8, 4) is 22.3 Å². The van der Waals surface area contributed by atoms with Gasteiger partial charge in [-0.2, -0.15) is 0 Å². The minimum atomic E-state index is 0.215. The summed E-state index contributed by atoms with van der Waals surface area (Å²) in [7, 11) is 0. The van der Waals surface area contributed by atoms with E-state index in [1.165, 1.54) is 6.42 Å². The quantitative estimate of drug-likeness (QED) is 0.321. The molecule has 2 aliphatic heterocycles. The Hall–Kier alpha value is -3.48. The van der Waals surface area contributed by atoms with E-state index in [4.69, 9.17) is 18.8 Å². The number of hydrogen-bond donors (Lipinski definition) is 2. The fourth-order valence-corrected chi connectivity index (χ4v) is 5.40. The molecule has 2 N–H and O–H groups in total. The summed E-state index contributed by atoms with van der Waals surface area (Å²) in [6.45, 7) is 4.30. The molecule has 6 heteroatoms. The van der Waals surface area contributed by atoms with Crippen molar-refractivity contribution in [2.45, 2.75) is 38.3 Å². The molecule has 3 aromatic carbocycles. The van der Waals surface area contributed by atoms with Crippen molar-refractivity contribution < 1.29 is 8.83 Å². The number of nitrogens with zero attached hydrogens (tertiary/aromatic N) is 2. The number of nitrogens with one attached hydrogen (secondary N) is 2. The Kier molecular flexibility index (Phi) is 4.96. The van der Waals surface area contributed by atoms with E-state index in [0.29, 0.717) is 5.92 Å². The Morgan fingerprint density at radius 3 is 1.80 bits per heavy atom. The van der Waals surface area contributed by atoms with E-state index in [0.717, 1.165) is 82.2 Å². The van der Waals surface area contributed by atoms with Crippen LogP contribution in [0.4, 0.5) is 0 Å². The minimum absolute atomic E-state index is 0.215. The summed E-state index contributed by atoms with van der Waals surface area (Å²) < 4.78 is 12.0. The van der Waals surface area contributed by atoms with Crippen molar-refractivity contribution in [2.75, 3.05) is 13.1 Å². The van der Waals surface area contributed by atoms with Crippen LogP contribution in [0.25, 0.3) is 44.5 Å². The summed E-state index contributed by atoms with van der Waals surface area (Å²) in [5.41, 5.74) is 8.10. The summed E-state index contributed by atoms with van der Waals surface area (Å²) in [6.07, 6.45) is 3.32. The van der Waals surface area contributed by atoms with Gasteiger partial charge >= 0.3 is 0 Å². The first-order valence-corrected chi connectivity index (χ1v) is 12.6. The van der Waals surface area contributed by atoms with Gasteiger partial charge in [0.15, 0.2) is 11.2 Å². The highest BCUT2D eigenvalue weighted by Crippen LogP contribution is 2.33. The Morgan fingerprint density at radius 2 is 1.29 bits per heavy atom. The maximum absolute atomic E-state index is 6.05. The summed E-state index contributed by atoms with van der Waals surface area (Å²) in [5, 5.41) is 6.97. The van der Waals surface area contributed by atoms with E-state index in [2.05, 4.69) is 66.1 Å². The van der Waals surface area contributed by atoms with Crippen LogP contribution in [0.2, 0.25) is 0 Å². The van der Waals surface area contributed by atoms with Gasteiger partial charge in [0.1, 0.15) is 11.0 Å². The second-order valence-electron chi connectivity index (χ2n) is 10.00. The van der Waals surface area contributed by atoms with E-state index in [1.807, 2.05) is 12.1 Å². The molecule has 0 radical (unpaired) electrons. The fraction of sp³-hybridized carbons (Fsp3) is 0.310. The first kappa shape index (κ1) is 20.9. The molecular weight excluding hydrogens is 436 g/mol. The van der Waals surface area contributed by atoms with Crippen molar-refractivity contribution in [1.29, 1.82) is 0 Å². The molecule has 4 heterocycles. The predicted octanol–water partition coefficient (Wildman–Crippen LogP) is 6.40. The fourth-order valence-electron chi connectivity index (χ4n) is 5.40. The molecule has 2 saturated heterocycles. The van der Waals surface area contributed by atoms with Gasteiger partial charge in [-0.3, -0.25) is 0 Å². The van der Waals surface area contributed by atoms with Crippen LogP contribution in [0.15, 0.2) is 69.5 Å². The average Bonchev–Trinajstić information content (AvgIpc) is 3.69. The third-order valence-electron chi connectivity index (χ3n) is 7.37. The van der Waals surface area contributed by atoms with Gasteiger partial charge in [-0.1, -0.05) is 43.3 Å². The molecule has 1 unspecified atom stereocenters. The van der Waals surface area contributed by atoms with Crippen LogP contribution >= 0.6 is 0 Å². The molecule has 2 aliphatic rings. The van der Waals surface area contributed by atoms with Gasteiger partial charge in [-0.05, 0) is 84.8 Å². The number of hydrogen-bond acceptors (Lipinski definition) is 6. The zero-order valence-electron chi connectivity index (χ0n) is 19.8. The molecule has 2 fully saturated rings. The molecule has 0 bridgehead atoms. The number of rotatable bonds is 4. The van der Waals surface area contributed by atoms with Gasteiger partial charge in [-0.25, -0.2) is 9.97 Å². The third-order valence-corrected chi connectivity index (χ3v) is 7.37. The SMILES string of the molecule is C[C@@H]1CNC(c2nc3cc(-c4ccc(-c5ccc6oc([C@@H]7CCCN7)nc6c5)cc4)ccc3o2)C1. The van der Waals surface area contributed by atoms with Gasteiger partial charge < -0.3 is 19.5 Å². The van der Waals surface area contributed by atoms with Gasteiger partial charge in [0.05, 0.1) is 12.1 Å². The lowest BCUT2D eigenvalue weighted by Crippen LogP contribution is -2.13. The molecule has 0 amide bonds. The first-order chi connectivity index (χ1) is 17.2. The molecule has 3 atom stereocenters. The second-order valence-corrected chi connectivity index (χ2v) is 10.00. The maximum Gasteiger partial charge on any atom is 0.212 e. The number of fused-ring (bicyclic) bond motifs is 2. The highest BCUT2D eigenvalue weighted by atomic mass is 16.4. The van der Waals surface area contributed by atoms with Gasteiger partial charge in [-0.15, -0.1) is 0 Å². The highest BCUT2D eigenvalue weighted by molar-refractivity contribution is 5.83. The zero-order valence-corrected chi connectivity index (χ0v) is 19.8. The van der Waals surface area contributed by atoms with Gasteiger partial charge in [0.25, 0.3) is 0 Å². The van der Waals surface area contributed by atoms with Crippen molar-refractivity contribution in [3.05, 3.63) is 72.4 Å². The molecule has 0 aliphatic carbocycles. The summed E-state index contributed by atoms with van der Waals surface area (Å²) >= 11 is 0. The van der Waals surface area contributed by atoms with Crippen LogP contribution in [-0.2, 0) is 0 Å². The normalized spacial score (nSPS) is 22.5. The van der Waals surface area contributed by atoms with Crippen molar-refractivity contribution >= 4 is 22.2 Å². The van der Waals surface area contributed by atoms with Crippen molar-refractivity contribution in [2.24, 2.45) is 5.92 Å². The van der Waals surface area contributed by atoms with Crippen LogP contribution in [0, 0.1) is 5.92 Å². The number of benzene rings is 3. The van der Waals surface area contributed by atoms with Crippen molar-refractivity contribution in [3.63, 3.8) is 0 Å². The van der Waals surface area contributed by atoms with E-state index in [1.54, 1.807) is 0 Å². The summed E-state index contributed by atoms with van der Waals surface area (Å²) in [5.74, 6) is 2.25. The highest BCUT2D eigenvalue weighted by Gasteiger charge is 2.26. The summed E-state index contributed by atoms with van der Waals surface area (Å²) in [6, 6.07) is 21.6. The maximum atomic E-state index is 6.05. The molecule has 5 aromatic rings. The van der Waals surface area contributed by atoms with E-state index < -0.39 is 0 Å². The lowest BCUT2D eigenvalue weighted by atomic mass is 10.00. The molecule has 0 saturated carbocycles. The molecule has 6 nitrogen and oxygen atoms in total. The van der Waals surface area contributed by atoms with E-state index in [9.17, 15) is 0 Å². The first-order valence-electron chi connectivity index (χ1n) is 12.6. The lowest BCUT2D eigenvalue weighted by Gasteiger charge is -2.05. The largest absolute Gasteiger partial charge is 0.439 e. The van der Waals surface area contributed by atoms with Crippen LogP contribution < -0.4 is 10.6 Å². The van der Waals surface area contributed by atoms with Crippen LogP contribution in [0.1, 0.15) is 50.1 Å². The molecule has 7 rings (SSSR count). The molecule has 176 valence electrons. The van der Waals surface area contributed by atoms with E-state index >= 15 is 0 Å². The van der Waals surface area contributed by atoms with Crippen LogP contribution in [0.5, 0.6) is 0 Å². The molecular formula is C29H28N4O2. The zero-order chi connectivity index (χ0) is 23.4. The second kappa shape index (κ2) is 8.33. The smallest absolute Gasteiger partial charge is 0.212 e. The van der Waals surface area contributed by atoms with Crippen LogP contribution in [0.3, 0.4) is 0 Å². The summed E-state index contributed by atoms with van der Waals surface area (Å²) in [4.78, 5) is 9.55. The van der Waals surface area contributed by atoms with Gasteiger partial charge in [0.2, 0.25) is 11.8 Å². The lowest BCUT2D eigenvalue weighted by molar-refractivity contribution is 0.446.